The number of nitrogens with zero attached hydrogens (tertiary/aromatic N) is 3. The SMILES string of the molecule is Cc1nc([N+](=O)[O-])cn1[C@@H](C)c1ccccc1. The van der Waals surface area contributed by atoms with Crippen LogP contribution >= 0.6 is 0 Å². The second kappa shape index (κ2) is 4.37. The van der Waals surface area contributed by atoms with Crippen LogP contribution in [0, 0.1) is 17.0 Å². The van der Waals surface area contributed by atoms with Crippen molar-refractivity contribution in [1.82, 2.24) is 9.55 Å². The van der Waals surface area contributed by atoms with E-state index in [0.717, 1.165) is 5.56 Å². The second-order valence-electron chi connectivity index (χ2n) is 3.90. The highest BCUT2D eigenvalue weighted by atomic mass is 16.6. The molecule has 2 rings (SSSR count). The maximum absolute atomic E-state index is 10.7. The Morgan fingerprint density at radius 2 is 2.00 bits per heavy atom. The predicted octanol–water partition coefficient (Wildman–Crippen LogP) is 2.71. The highest BCUT2D eigenvalue weighted by Crippen LogP contribution is 2.22. The Bertz CT molecular complexity index is 534. The van der Waals surface area contributed by atoms with Gasteiger partial charge >= 0.3 is 5.82 Å². The molecule has 0 N–H and O–H groups in total. The minimum Gasteiger partial charge on any atom is -0.358 e. The standard InChI is InChI=1S/C12H13N3O2/c1-9(11-6-4-3-5-7-11)14-8-12(15(16)17)13-10(14)2/h3-9H,1-2H3/t9-/m0/s1. The van der Waals surface area contributed by atoms with E-state index in [0.29, 0.717) is 5.82 Å². The van der Waals surface area contributed by atoms with E-state index in [4.69, 9.17) is 0 Å². The monoisotopic (exact) mass is 231 g/mol. The number of aryl methyl sites for hydroxylation is 1. The molecule has 1 atom stereocenters. The topological polar surface area (TPSA) is 61.0 Å². The summed E-state index contributed by atoms with van der Waals surface area (Å²) in [5.41, 5.74) is 1.10. The average Bonchev–Trinajstić information content (AvgIpc) is 2.72. The molecule has 5 nitrogen and oxygen atoms in total. The van der Waals surface area contributed by atoms with Crippen LogP contribution in [0.15, 0.2) is 36.5 Å². The lowest BCUT2D eigenvalue weighted by Gasteiger charge is -2.13. The van der Waals surface area contributed by atoms with Gasteiger partial charge in [-0.25, -0.2) is 0 Å². The summed E-state index contributed by atoms with van der Waals surface area (Å²) in [5.74, 6) is 0.540. The Kier molecular flexibility index (Phi) is 2.91. The smallest absolute Gasteiger partial charge is 0.358 e. The van der Waals surface area contributed by atoms with Gasteiger partial charge in [0.15, 0.2) is 0 Å². The zero-order valence-electron chi connectivity index (χ0n) is 9.70. The van der Waals surface area contributed by atoms with E-state index in [-0.39, 0.29) is 11.9 Å². The van der Waals surface area contributed by atoms with Crippen LogP contribution < -0.4 is 0 Å². The van der Waals surface area contributed by atoms with E-state index < -0.39 is 4.92 Å². The molecule has 5 heteroatoms. The van der Waals surface area contributed by atoms with E-state index in [1.54, 1.807) is 6.92 Å². The van der Waals surface area contributed by atoms with Gasteiger partial charge in [0.25, 0.3) is 0 Å². The van der Waals surface area contributed by atoms with Crippen LogP contribution in [0.3, 0.4) is 0 Å². The molecule has 0 saturated heterocycles. The second-order valence-corrected chi connectivity index (χ2v) is 3.90. The first kappa shape index (κ1) is 11.3. The highest BCUT2D eigenvalue weighted by molar-refractivity contribution is 5.24. The molecule has 0 fully saturated rings. The van der Waals surface area contributed by atoms with Gasteiger partial charge in [0.2, 0.25) is 5.82 Å². The molecule has 17 heavy (non-hydrogen) atoms. The fourth-order valence-corrected chi connectivity index (χ4v) is 1.84. The molecule has 0 spiro atoms. The van der Waals surface area contributed by atoms with Crippen molar-refractivity contribution in [2.24, 2.45) is 0 Å². The third-order valence-electron chi connectivity index (χ3n) is 2.79. The molecule has 0 radical (unpaired) electrons. The van der Waals surface area contributed by atoms with E-state index in [1.807, 2.05) is 41.8 Å². The van der Waals surface area contributed by atoms with Gasteiger partial charge in [-0.15, -0.1) is 0 Å². The van der Waals surface area contributed by atoms with Crippen LogP contribution in [-0.2, 0) is 0 Å². The molecule has 1 aromatic carbocycles. The first-order valence-corrected chi connectivity index (χ1v) is 5.34. The van der Waals surface area contributed by atoms with Gasteiger partial charge in [0.05, 0.1) is 6.04 Å². The lowest BCUT2D eigenvalue weighted by atomic mass is 10.1. The lowest BCUT2D eigenvalue weighted by Crippen LogP contribution is -2.07. The van der Waals surface area contributed by atoms with Gasteiger partial charge in [-0.1, -0.05) is 30.3 Å². The number of benzene rings is 1. The largest absolute Gasteiger partial charge is 0.381 e. The molecule has 0 amide bonds. The summed E-state index contributed by atoms with van der Waals surface area (Å²) in [6.45, 7) is 3.76. The van der Waals surface area contributed by atoms with Crippen molar-refractivity contribution >= 4 is 5.82 Å². The molecule has 0 bridgehead atoms. The minimum absolute atomic E-state index is 0.0393. The van der Waals surface area contributed by atoms with Gasteiger partial charge in [-0.2, -0.15) is 0 Å². The first-order chi connectivity index (χ1) is 8.09. The molecule has 0 aliphatic rings. The van der Waals surface area contributed by atoms with Crippen molar-refractivity contribution in [3.63, 3.8) is 0 Å². The van der Waals surface area contributed by atoms with Crippen molar-refractivity contribution in [1.29, 1.82) is 0 Å². The number of nitro groups is 1. The first-order valence-electron chi connectivity index (χ1n) is 5.34. The third kappa shape index (κ3) is 2.18. The Balaban J connectivity index is 2.37. The van der Waals surface area contributed by atoms with Gasteiger partial charge in [-0.3, -0.25) is 0 Å². The molecular formula is C12H13N3O2. The van der Waals surface area contributed by atoms with Crippen molar-refractivity contribution in [3.05, 3.63) is 58.0 Å². The summed E-state index contributed by atoms with van der Waals surface area (Å²) >= 11 is 0. The van der Waals surface area contributed by atoms with Crippen LogP contribution in [0.2, 0.25) is 0 Å². The fourth-order valence-electron chi connectivity index (χ4n) is 1.84. The number of hydrogen-bond acceptors (Lipinski definition) is 3. The number of hydrogen-bond donors (Lipinski definition) is 0. The van der Waals surface area contributed by atoms with Crippen LogP contribution in [0.4, 0.5) is 5.82 Å². The summed E-state index contributed by atoms with van der Waals surface area (Å²) < 4.78 is 1.81. The van der Waals surface area contributed by atoms with Crippen molar-refractivity contribution < 1.29 is 4.92 Å². The van der Waals surface area contributed by atoms with Crippen molar-refractivity contribution in [2.45, 2.75) is 19.9 Å². The van der Waals surface area contributed by atoms with E-state index in [2.05, 4.69) is 4.98 Å². The van der Waals surface area contributed by atoms with Gasteiger partial charge in [0, 0.05) is 6.92 Å². The van der Waals surface area contributed by atoms with E-state index in [9.17, 15) is 10.1 Å². The Hall–Kier alpha value is -2.17. The van der Waals surface area contributed by atoms with Crippen LogP contribution in [0.25, 0.3) is 0 Å². The molecule has 1 aromatic heterocycles. The fraction of sp³-hybridized carbons (Fsp3) is 0.250. The molecule has 88 valence electrons. The maximum atomic E-state index is 10.7. The normalized spacial score (nSPS) is 12.4. The van der Waals surface area contributed by atoms with E-state index >= 15 is 0 Å². The van der Waals surface area contributed by atoms with Crippen molar-refractivity contribution in [2.75, 3.05) is 0 Å². The Labute approximate surface area is 98.9 Å². The summed E-state index contributed by atoms with van der Waals surface area (Å²) in [7, 11) is 0. The van der Waals surface area contributed by atoms with E-state index in [1.165, 1.54) is 6.20 Å². The zero-order chi connectivity index (χ0) is 12.4. The average molecular weight is 231 g/mol. The van der Waals surface area contributed by atoms with Crippen LogP contribution in [0.5, 0.6) is 0 Å². The minimum atomic E-state index is -0.471. The molecule has 0 aliphatic carbocycles. The summed E-state index contributed by atoms with van der Waals surface area (Å²) in [5, 5.41) is 10.7. The summed E-state index contributed by atoms with van der Waals surface area (Å²) in [6.07, 6.45) is 1.48. The van der Waals surface area contributed by atoms with Gasteiger partial charge in [-0.05, 0) is 22.4 Å². The van der Waals surface area contributed by atoms with Gasteiger partial charge in [0.1, 0.15) is 6.20 Å². The van der Waals surface area contributed by atoms with Crippen molar-refractivity contribution in [3.8, 4) is 0 Å². The van der Waals surface area contributed by atoms with Gasteiger partial charge < -0.3 is 14.7 Å². The Morgan fingerprint density at radius 1 is 1.35 bits per heavy atom. The molecule has 1 heterocycles. The zero-order valence-corrected chi connectivity index (χ0v) is 9.70. The summed E-state index contributed by atoms with van der Waals surface area (Å²) in [4.78, 5) is 14.1. The number of aromatic nitrogens is 2. The molecular weight excluding hydrogens is 218 g/mol. The number of rotatable bonds is 3. The quantitative estimate of drug-likeness (QED) is 0.602. The highest BCUT2D eigenvalue weighted by Gasteiger charge is 2.19. The molecule has 0 saturated carbocycles. The van der Waals surface area contributed by atoms with Crippen LogP contribution in [-0.4, -0.2) is 14.5 Å². The molecule has 2 aromatic rings. The molecule has 0 unspecified atom stereocenters. The maximum Gasteiger partial charge on any atom is 0.381 e. The predicted molar refractivity (Wildman–Crippen MR) is 63.9 cm³/mol. The Morgan fingerprint density at radius 3 is 2.53 bits per heavy atom. The third-order valence-corrected chi connectivity index (χ3v) is 2.79. The summed E-state index contributed by atoms with van der Waals surface area (Å²) in [6, 6.07) is 9.88. The van der Waals surface area contributed by atoms with Crippen LogP contribution in [0.1, 0.15) is 24.4 Å². The lowest BCUT2D eigenvalue weighted by molar-refractivity contribution is -0.389. The molecule has 0 aliphatic heterocycles. The number of imidazole rings is 1.